The van der Waals surface area contributed by atoms with Gasteiger partial charge >= 0.3 is 0 Å². The fourth-order valence-electron chi connectivity index (χ4n) is 4.79. The molecule has 7 nitrogen and oxygen atoms in total. The minimum atomic E-state index is -0.429. The molecule has 0 amide bonds. The number of hydrogen-bond donors (Lipinski definition) is 2. The lowest BCUT2D eigenvalue weighted by Gasteiger charge is -2.29. The Morgan fingerprint density at radius 2 is 2.03 bits per heavy atom. The van der Waals surface area contributed by atoms with E-state index in [2.05, 4.69) is 26.7 Å². The van der Waals surface area contributed by atoms with Crippen molar-refractivity contribution in [2.24, 2.45) is 13.0 Å². The zero-order chi connectivity index (χ0) is 22.1. The number of hydrogen-bond acceptors (Lipinski definition) is 6. The highest BCUT2D eigenvalue weighted by Gasteiger charge is 2.22. The van der Waals surface area contributed by atoms with Crippen LogP contribution < -0.4 is 20.9 Å². The second kappa shape index (κ2) is 8.86. The van der Waals surface area contributed by atoms with Crippen LogP contribution in [0.2, 0.25) is 0 Å². The van der Waals surface area contributed by atoms with Crippen molar-refractivity contribution in [3.05, 3.63) is 58.0 Å². The number of aryl methyl sites for hydroxylation is 1. The fraction of sp³-hybridized carbons (Fsp3) is 0.458. The molecular formula is C24H28FN5O2. The van der Waals surface area contributed by atoms with E-state index in [1.54, 1.807) is 13.1 Å². The number of nitrogens with zero attached hydrogens (tertiary/aromatic N) is 3. The van der Waals surface area contributed by atoms with Crippen molar-refractivity contribution < 1.29 is 9.13 Å². The lowest BCUT2D eigenvalue weighted by Crippen LogP contribution is -2.34. The molecule has 0 atom stereocenters. The van der Waals surface area contributed by atoms with Crippen LogP contribution >= 0.6 is 0 Å². The fourth-order valence-corrected chi connectivity index (χ4v) is 4.79. The van der Waals surface area contributed by atoms with Gasteiger partial charge in [-0.1, -0.05) is 0 Å². The molecule has 0 aromatic carbocycles. The molecule has 32 heavy (non-hydrogen) atoms. The Kier molecular flexibility index (Phi) is 5.78. The molecule has 5 rings (SSSR count). The topological polar surface area (TPSA) is 81.1 Å². The molecule has 8 heteroatoms. The highest BCUT2D eigenvalue weighted by molar-refractivity contribution is 5.88. The molecule has 0 radical (unpaired) electrons. The summed E-state index contributed by atoms with van der Waals surface area (Å²) in [5, 5.41) is 6.91. The van der Waals surface area contributed by atoms with E-state index in [0.717, 1.165) is 56.7 Å². The van der Waals surface area contributed by atoms with Crippen molar-refractivity contribution in [3.8, 4) is 5.75 Å². The maximum absolute atomic E-state index is 14.5. The minimum Gasteiger partial charge on any atom is -0.491 e. The van der Waals surface area contributed by atoms with Crippen molar-refractivity contribution in [2.45, 2.75) is 44.7 Å². The summed E-state index contributed by atoms with van der Waals surface area (Å²) in [4.78, 5) is 20.6. The first-order valence-electron chi connectivity index (χ1n) is 11.3. The summed E-state index contributed by atoms with van der Waals surface area (Å²) in [6.45, 7) is 2.20. The predicted molar refractivity (Wildman–Crippen MR) is 121 cm³/mol. The van der Waals surface area contributed by atoms with E-state index in [-0.39, 0.29) is 5.56 Å². The summed E-state index contributed by atoms with van der Waals surface area (Å²) < 4.78 is 21.5. The molecule has 1 aliphatic heterocycles. The maximum atomic E-state index is 14.5. The molecule has 4 heterocycles. The van der Waals surface area contributed by atoms with Crippen LogP contribution in [-0.4, -0.2) is 33.7 Å². The van der Waals surface area contributed by atoms with Gasteiger partial charge in [-0.25, -0.2) is 4.39 Å². The first-order chi connectivity index (χ1) is 15.6. The van der Waals surface area contributed by atoms with Crippen LogP contribution in [0.5, 0.6) is 5.75 Å². The summed E-state index contributed by atoms with van der Waals surface area (Å²) in [5.74, 6) is 0.952. The van der Waals surface area contributed by atoms with Gasteiger partial charge in [0.2, 0.25) is 0 Å². The van der Waals surface area contributed by atoms with Gasteiger partial charge in [0.15, 0.2) is 5.82 Å². The van der Waals surface area contributed by atoms with E-state index in [4.69, 9.17) is 4.74 Å². The third-order valence-corrected chi connectivity index (χ3v) is 6.71. The van der Waals surface area contributed by atoms with Crippen molar-refractivity contribution in [1.29, 1.82) is 0 Å². The van der Waals surface area contributed by atoms with Crippen molar-refractivity contribution in [1.82, 2.24) is 19.9 Å². The Bertz CT molecular complexity index is 1190. The van der Waals surface area contributed by atoms with E-state index in [0.29, 0.717) is 35.2 Å². The van der Waals surface area contributed by atoms with E-state index < -0.39 is 5.82 Å². The molecule has 3 aromatic heterocycles. The van der Waals surface area contributed by atoms with Gasteiger partial charge in [0.1, 0.15) is 5.75 Å². The SMILES string of the molecule is Cn1c(=O)ccc2ncc(F)c(NCC3CCC(NCc4cc5c(cn4)OCC5)CC3)c21. The van der Waals surface area contributed by atoms with Crippen LogP contribution in [0, 0.1) is 11.7 Å². The van der Waals surface area contributed by atoms with Gasteiger partial charge in [0.05, 0.1) is 41.4 Å². The third kappa shape index (κ3) is 4.19. The first-order valence-corrected chi connectivity index (χ1v) is 11.3. The normalized spacial score (nSPS) is 20.2. The minimum absolute atomic E-state index is 0.176. The predicted octanol–water partition coefficient (Wildman–Crippen LogP) is 3.16. The van der Waals surface area contributed by atoms with Crippen molar-refractivity contribution in [2.75, 3.05) is 18.5 Å². The number of fused-ring (bicyclic) bond motifs is 2. The monoisotopic (exact) mass is 437 g/mol. The van der Waals surface area contributed by atoms with Gasteiger partial charge < -0.3 is 19.9 Å². The molecule has 1 saturated carbocycles. The number of rotatable bonds is 6. The summed E-state index contributed by atoms with van der Waals surface area (Å²) in [6, 6.07) is 5.71. The zero-order valence-corrected chi connectivity index (χ0v) is 18.2. The molecule has 0 unspecified atom stereocenters. The Hall–Kier alpha value is -3.00. The molecule has 168 valence electrons. The summed E-state index contributed by atoms with van der Waals surface area (Å²) >= 11 is 0. The van der Waals surface area contributed by atoms with Gasteiger partial charge in [-0.05, 0) is 43.7 Å². The number of pyridine rings is 3. The second-order valence-electron chi connectivity index (χ2n) is 8.81. The highest BCUT2D eigenvalue weighted by atomic mass is 19.1. The van der Waals surface area contributed by atoms with Crippen LogP contribution in [0.15, 0.2) is 35.4 Å². The lowest BCUT2D eigenvalue weighted by atomic mass is 9.86. The standard InChI is InChI=1S/C24H28FN5O2/c1-30-22(31)7-6-20-24(30)23(19(25)13-28-20)29-11-15-2-4-17(5-3-15)26-12-18-10-16-8-9-32-21(16)14-27-18/h6-7,10,13-15,17,26H,2-5,8-9,11-12H2,1H3,(H,28,29). The zero-order valence-electron chi connectivity index (χ0n) is 18.2. The average molecular weight is 438 g/mol. The Morgan fingerprint density at radius 3 is 2.88 bits per heavy atom. The van der Waals surface area contributed by atoms with Gasteiger partial charge in [-0.3, -0.25) is 14.8 Å². The van der Waals surface area contributed by atoms with Gasteiger partial charge in [0.25, 0.3) is 5.56 Å². The Balaban J connectivity index is 1.15. The molecule has 1 aliphatic carbocycles. The second-order valence-corrected chi connectivity index (χ2v) is 8.81. The smallest absolute Gasteiger partial charge is 0.250 e. The van der Waals surface area contributed by atoms with E-state index in [9.17, 15) is 9.18 Å². The molecule has 2 aliphatic rings. The van der Waals surface area contributed by atoms with Crippen molar-refractivity contribution in [3.63, 3.8) is 0 Å². The number of ether oxygens (including phenoxy) is 1. The van der Waals surface area contributed by atoms with Gasteiger partial charge in [-0.15, -0.1) is 0 Å². The van der Waals surface area contributed by atoms with Crippen molar-refractivity contribution >= 4 is 16.7 Å². The van der Waals surface area contributed by atoms with Crippen LogP contribution in [-0.2, 0) is 20.0 Å². The molecule has 0 spiro atoms. The molecule has 0 bridgehead atoms. The number of aromatic nitrogens is 3. The largest absolute Gasteiger partial charge is 0.491 e. The molecule has 2 N–H and O–H groups in total. The summed E-state index contributed by atoms with van der Waals surface area (Å²) in [5.41, 5.74) is 3.62. The summed E-state index contributed by atoms with van der Waals surface area (Å²) in [7, 11) is 1.65. The number of anilines is 1. The Labute approximate surface area is 186 Å². The maximum Gasteiger partial charge on any atom is 0.250 e. The van der Waals surface area contributed by atoms with Crippen LogP contribution in [0.3, 0.4) is 0 Å². The van der Waals surface area contributed by atoms with Crippen LogP contribution in [0.1, 0.15) is 36.9 Å². The summed E-state index contributed by atoms with van der Waals surface area (Å²) in [6.07, 6.45) is 8.32. The molecule has 3 aromatic rings. The van der Waals surface area contributed by atoms with E-state index in [1.165, 1.54) is 22.4 Å². The van der Waals surface area contributed by atoms with E-state index in [1.807, 2.05) is 6.20 Å². The third-order valence-electron chi connectivity index (χ3n) is 6.71. The van der Waals surface area contributed by atoms with Crippen LogP contribution in [0.4, 0.5) is 10.1 Å². The highest BCUT2D eigenvalue weighted by Crippen LogP contribution is 2.28. The first kappa shape index (κ1) is 20.9. The van der Waals surface area contributed by atoms with Gasteiger partial charge in [0, 0.05) is 44.2 Å². The van der Waals surface area contributed by atoms with Gasteiger partial charge in [-0.2, -0.15) is 0 Å². The molecule has 1 fully saturated rings. The number of nitrogens with one attached hydrogen (secondary N) is 2. The van der Waals surface area contributed by atoms with E-state index >= 15 is 0 Å². The van der Waals surface area contributed by atoms with Crippen LogP contribution in [0.25, 0.3) is 11.0 Å². The molecular weight excluding hydrogens is 409 g/mol. The molecule has 0 saturated heterocycles. The lowest BCUT2D eigenvalue weighted by molar-refractivity contribution is 0.299. The number of halogens is 1. The average Bonchev–Trinajstić information content (AvgIpc) is 3.28. The quantitative estimate of drug-likeness (QED) is 0.617. The Morgan fingerprint density at radius 1 is 1.19 bits per heavy atom.